The van der Waals surface area contributed by atoms with Crippen LogP contribution in [0.4, 0.5) is 5.82 Å². The number of aromatic nitrogens is 1. The van der Waals surface area contributed by atoms with Gasteiger partial charge in [0.2, 0.25) is 5.91 Å². The van der Waals surface area contributed by atoms with Gasteiger partial charge in [-0.1, -0.05) is 38.5 Å². The number of pyridine rings is 1. The monoisotopic (exact) mass is 274 g/mol. The normalized spacial score (nSPS) is 11.3. The molecule has 20 heavy (non-hydrogen) atoms. The van der Waals surface area contributed by atoms with Gasteiger partial charge in [-0.3, -0.25) is 4.79 Å². The van der Waals surface area contributed by atoms with Gasteiger partial charge in [0.1, 0.15) is 12.4 Å². The summed E-state index contributed by atoms with van der Waals surface area (Å²) in [5, 5.41) is 11.5. The van der Waals surface area contributed by atoms with Gasteiger partial charge in [-0.25, -0.2) is 4.98 Å². The standard InChI is InChI=1S/C16H22N2O2/c1-3-5-8-14(4-2)16(20)18-15-12-13(7-6-11-19)9-10-17-15/h9-10,12,14,19H,3-5,8,11H2,1-2H3,(H,17,18,20). The van der Waals surface area contributed by atoms with Gasteiger partial charge in [0, 0.05) is 17.7 Å². The van der Waals surface area contributed by atoms with Crippen LogP contribution in [-0.2, 0) is 4.79 Å². The van der Waals surface area contributed by atoms with Crippen molar-refractivity contribution in [3.63, 3.8) is 0 Å². The lowest BCUT2D eigenvalue weighted by Gasteiger charge is -2.14. The van der Waals surface area contributed by atoms with E-state index in [9.17, 15) is 4.79 Å². The molecular weight excluding hydrogens is 252 g/mol. The Labute approximate surface area is 120 Å². The number of carbonyl (C=O) groups excluding carboxylic acids is 1. The molecule has 0 saturated heterocycles. The summed E-state index contributed by atoms with van der Waals surface area (Å²) < 4.78 is 0. The Hall–Kier alpha value is -1.86. The Balaban J connectivity index is 2.69. The van der Waals surface area contributed by atoms with Gasteiger partial charge in [0.25, 0.3) is 0 Å². The van der Waals surface area contributed by atoms with Crippen molar-refractivity contribution in [1.82, 2.24) is 4.98 Å². The minimum atomic E-state index is -0.182. The predicted octanol–water partition coefficient (Wildman–Crippen LogP) is 2.58. The van der Waals surface area contributed by atoms with Crippen LogP contribution in [0.5, 0.6) is 0 Å². The molecule has 1 heterocycles. The summed E-state index contributed by atoms with van der Waals surface area (Å²) in [5.74, 6) is 5.92. The molecule has 0 aliphatic carbocycles. The molecule has 0 aliphatic heterocycles. The fourth-order valence-corrected chi connectivity index (χ4v) is 1.92. The van der Waals surface area contributed by atoms with Crippen LogP contribution in [0.3, 0.4) is 0 Å². The average molecular weight is 274 g/mol. The highest BCUT2D eigenvalue weighted by molar-refractivity contribution is 5.91. The minimum absolute atomic E-state index is 0.0146. The molecular formula is C16H22N2O2. The van der Waals surface area contributed by atoms with E-state index in [0.29, 0.717) is 5.82 Å². The number of carbonyl (C=O) groups is 1. The van der Waals surface area contributed by atoms with Crippen molar-refractivity contribution in [2.75, 3.05) is 11.9 Å². The first-order valence-electron chi connectivity index (χ1n) is 7.07. The van der Waals surface area contributed by atoms with Crippen LogP contribution in [-0.4, -0.2) is 22.6 Å². The van der Waals surface area contributed by atoms with Crippen molar-refractivity contribution in [2.45, 2.75) is 39.5 Å². The molecule has 0 aliphatic rings. The maximum Gasteiger partial charge on any atom is 0.228 e. The van der Waals surface area contributed by atoms with Crippen LogP contribution < -0.4 is 5.32 Å². The number of unbranched alkanes of at least 4 members (excludes halogenated alkanes) is 1. The van der Waals surface area contributed by atoms with E-state index in [-0.39, 0.29) is 18.4 Å². The molecule has 0 fully saturated rings. The molecule has 1 aromatic rings. The van der Waals surface area contributed by atoms with Crippen molar-refractivity contribution in [2.24, 2.45) is 5.92 Å². The average Bonchev–Trinajstić information content (AvgIpc) is 2.46. The molecule has 0 aromatic carbocycles. The third-order valence-electron chi connectivity index (χ3n) is 3.09. The maximum absolute atomic E-state index is 12.1. The van der Waals surface area contributed by atoms with E-state index in [1.54, 1.807) is 18.3 Å². The zero-order chi connectivity index (χ0) is 14.8. The van der Waals surface area contributed by atoms with Crippen LogP contribution in [0.15, 0.2) is 18.3 Å². The summed E-state index contributed by atoms with van der Waals surface area (Å²) >= 11 is 0. The summed E-state index contributed by atoms with van der Waals surface area (Å²) in [6.45, 7) is 3.96. The highest BCUT2D eigenvalue weighted by Gasteiger charge is 2.16. The van der Waals surface area contributed by atoms with Crippen molar-refractivity contribution in [1.29, 1.82) is 0 Å². The van der Waals surface area contributed by atoms with Crippen molar-refractivity contribution >= 4 is 11.7 Å². The highest BCUT2D eigenvalue weighted by atomic mass is 16.2. The van der Waals surface area contributed by atoms with Gasteiger partial charge >= 0.3 is 0 Å². The summed E-state index contributed by atoms with van der Waals surface area (Å²) in [4.78, 5) is 16.3. The van der Waals surface area contributed by atoms with Crippen LogP contribution >= 0.6 is 0 Å². The smallest absolute Gasteiger partial charge is 0.228 e. The third-order valence-corrected chi connectivity index (χ3v) is 3.09. The molecule has 108 valence electrons. The van der Waals surface area contributed by atoms with E-state index in [0.717, 1.165) is 31.2 Å². The summed E-state index contributed by atoms with van der Waals surface area (Å²) in [5.41, 5.74) is 0.728. The molecule has 1 amide bonds. The third kappa shape index (κ3) is 5.41. The minimum Gasteiger partial charge on any atom is -0.384 e. The van der Waals surface area contributed by atoms with E-state index < -0.39 is 0 Å². The number of nitrogens with one attached hydrogen (secondary N) is 1. The molecule has 1 aromatic heterocycles. The maximum atomic E-state index is 12.1. The second kappa shape index (κ2) is 9.11. The molecule has 0 bridgehead atoms. The molecule has 1 rings (SSSR count). The number of amides is 1. The first-order chi connectivity index (χ1) is 9.71. The number of aliphatic hydroxyl groups excluding tert-OH is 1. The second-order valence-electron chi connectivity index (χ2n) is 4.63. The fraction of sp³-hybridized carbons (Fsp3) is 0.500. The fourth-order valence-electron chi connectivity index (χ4n) is 1.92. The van der Waals surface area contributed by atoms with Crippen LogP contribution in [0.1, 0.15) is 45.1 Å². The van der Waals surface area contributed by atoms with Crippen molar-refractivity contribution < 1.29 is 9.90 Å². The highest BCUT2D eigenvalue weighted by Crippen LogP contribution is 2.15. The molecule has 2 N–H and O–H groups in total. The van der Waals surface area contributed by atoms with Crippen molar-refractivity contribution in [3.8, 4) is 11.8 Å². The van der Waals surface area contributed by atoms with E-state index in [1.165, 1.54) is 0 Å². The lowest BCUT2D eigenvalue weighted by Crippen LogP contribution is -2.22. The molecule has 1 atom stereocenters. The Morgan fingerprint density at radius 1 is 1.50 bits per heavy atom. The molecule has 4 heteroatoms. The topological polar surface area (TPSA) is 62.2 Å². The van der Waals surface area contributed by atoms with Gasteiger partial charge in [-0.15, -0.1) is 0 Å². The van der Waals surface area contributed by atoms with Crippen LogP contribution in [0.25, 0.3) is 0 Å². The van der Waals surface area contributed by atoms with Crippen molar-refractivity contribution in [3.05, 3.63) is 23.9 Å². The molecule has 0 spiro atoms. The first-order valence-corrected chi connectivity index (χ1v) is 7.07. The number of hydrogen-bond donors (Lipinski definition) is 2. The molecule has 1 unspecified atom stereocenters. The van der Waals surface area contributed by atoms with Gasteiger partial charge in [-0.05, 0) is 25.0 Å². The Morgan fingerprint density at radius 2 is 2.30 bits per heavy atom. The Bertz CT molecular complexity index is 489. The Kier molecular flexibility index (Phi) is 7.38. The molecule has 0 saturated carbocycles. The van der Waals surface area contributed by atoms with E-state index in [4.69, 9.17) is 5.11 Å². The first kappa shape index (κ1) is 16.2. The summed E-state index contributed by atoms with van der Waals surface area (Å²) in [6.07, 6.45) is 5.48. The summed E-state index contributed by atoms with van der Waals surface area (Å²) in [6, 6.07) is 3.46. The SMILES string of the molecule is CCCCC(CC)C(=O)Nc1cc(C#CCO)ccn1. The van der Waals surface area contributed by atoms with Gasteiger partial charge in [0.05, 0.1) is 0 Å². The van der Waals surface area contributed by atoms with E-state index in [1.807, 2.05) is 6.92 Å². The predicted molar refractivity (Wildman–Crippen MR) is 80.1 cm³/mol. The molecule has 0 radical (unpaired) electrons. The number of nitrogens with zero attached hydrogens (tertiary/aromatic N) is 1. The van der Waals surface area contributed by atoms with Gasteiger partial charge in [0.15, 0.2) is 0 Å². The number of aliphatic hydroxyl groups is 1. The zero-order valence-electron chi connectivity index (χ0n) is 12.1. The number of hydrogen-bond acceptors (Lipinski definition) is 3. The Morgan fingerprint density at radius 3 is 2.95 bits per heavy atom. The quantitative estimate of drug-likeness (QED) is 0.784. The summed E-state index contributed by atoms with van der Waals surface area (Å²) in [7, 11) is 0. The van der Waals surface area contributed by atoms with Crippen LogP contribution in [0.2, 0.25) is 0 Å². The lowest BCUT2D eigenvalue weighted by molar-refractivity contribution is -0.120. The van der Waals surface area contributed by atoms with E-state index in [2.05, 4.69) is 29.1 Å². The largest absolute Gasteiger partial charge is 0.384 e. The zero-order valence-corrected chi connectivity index (χ0v) is 12.1. The van der Waals surface area contributed by atoms with Crippen LogP contribution in [0, 0.1) is 17.8 Å². The van der Waals surface area contributed by atoms with E-state index >= 15 is 0 Å². The number of rotatable bonds is 6. The number of anilines is 1. The van der Waals surface area contributed by atoms with Gasteiger partial charge in [-0.2, -0.15) is 0 Å². The lowest BCUT2D eigenvalue weighted by atomic mass is 9.98. The molecule has 4 nitrogen and oxygen atoms in total. The second-order valence-corrected chi connectivity index (χ2v) is 4.63. The van der Waals surface area contributed by atoms with Gasteiger partial charge < -0.3 is 10.4 Å².